The van der Waals surface area contributed by atoms with Gasteiger partial charge in [0.25, 0.3) is 0 Å². The van der Waals surface area contributed by atoms with E-state index >= 15 is 0 Å². The van der Waals surface area contributed by atoms with Gasteiger partial charge in [-0.3, -0.25) is 10.3 Å². The van der Waals surface area contributed by atoms with E-state index in [1.807, 2.05) is 0 Å². The summed E-state index contributed by atoms with van der Waals surface area (Å²) in [5.41, 5.74) is 5.62. The second kappa shape index (κ2) is 4.30. The van der Waals surface area contributed by atoms with Crippen LogP contribution in [0.2, 0.25) is 0 Å². The first-order valence-electron chi connectivity index (χ1n) is 5.58. The molecule has 1 aliphatic heterocycles. The third-order valence-corrected chi connectivity index (χ3v) is 3.83. The van der Waals surface area contributed by atoms with Crippen LogP contribution in [0.3, 0.4) is 0 Å². The molecule has 1 fully saturated rings. The number of amidine groups is 1. The summed E-state index contributed by atoms with van der Waals surface area (Å²) < 4.78 is 0. The standard InChI is InChI=1S/C11H23N3/c1-5-10(11(12)13)14-6-7(2)8(3)9(14)4/h7-10H,5-6H2,1-4H3,(H3,12,13). The Hall–Kier alpha value is -0.570. The number of hydrogen-bond donors (Lipinski definition) is 2. The summed E-state index contributed by atoms with van der Waals surface area (Å²) in [6, 6.07) is 0.705. The minimum Gasteiger partial charge on any atom is -0.386 e. The molecule has 4 unspecified atom stereocenters. The highest BCUT2D eigenvalue weighted by molar-refractivity contribution is 5.82. The van der Waals surface area contributed by atoms with Crippen molar-refractivity contribution < 1.29 is 0 Å². The van der Waals surface area contributed by atoms with Gasteiger partial charge in [0.1, 0.15) is 5.84 Å². The Morgan fingerprint density at radius 3 is 2.36 bits per heavy atom. The van der Waals surface area contributed by atoms with Gasteiger partial charge in [0.2, 0.25) is 0 Å². The minimum atomic E-state index is 0.150. The lowest BCUT2D eigenvalue weighted by Crippen LogP contribution is -2.46. The van der Waals surface area contributed by atoms with E-state index in [4.69, 9.17) is 11.1 Å². The number of nitrogens with two attached hydrogens (primary N) is 1. The average Bonchev–Trinajstić information content (AvgIpc) is 2.35. The lowest BCUT2D eigenvalue weighted by atomic mass is 9.95. The quantitative estimate of drug-likeness (QED) is 0.534. The summed E-state index contributed by atoms with van der Waals surface area (Å²) in [5, 5.41) is 7.57. The fourth-order valence-electron chi connectivity index (χ4n) is 2.49. The fraction of sp³-hybridized carbons (Fsp3) is 0.909. The monoisotopic (exact) mass is 197 g/mol. The predicted molar refractivity (Wildman–Crippen MR) is 60.5 cm³/mol. The normalized spacial score (nSPS) is 35.9. The van der Waals surface area contributed by atoms with Crippen LogP contribution in [0.5, 0.6) is 0 Å². The molecule has 0 aromatic carbocycles. The number of hydrogen-bond acceptors (Lipinski definition) is 2. The van der Waals surface area contributed by atoms with Crippen LogP contribution in [0, 0.1) is 17.2 Å². The van der Waals surface area contributed by atoms with Gasteiger partial charge in [-0.1, -0.05) is 20.8 Å². The van der Waals surface area contributed by atoms with Crippen LogP contribution in [-0.4, -0.2) is 29.4 Å². The molecule has 0 bridgehead atoms. The van der Waals surface area contributed by atoms with Gasteiger partial charge in [-0.2, -0.15) is 0 Å². The first-order chi connectivity index (χ1) is 6.49. The van der Waals surface area contributed by atoms with E-state index in [0.717, 1.165) is 18.9 Å². The summed E-state index contributed by atoms with van der Waals surface area (Å²) in [4.78, 5) is 2.39. The SMILES string of the molecule is CCC(C(=N)N)N1CC(C)C(C)C1C. The van der Waals surface area contributed by atoms with E-state index < -0.39 is 0 Å². The molecule has 0 aromatic heterocycles. The second-order valence-corrected chi connectivity index (χ2v) is 4.65. The lowest BCUT2D eigenvalue weighted by molar-refractivity contribution is 0.212. The van der Waals surface area contributed by atoms with E-state index in [9.17, 15) is 0 Å². The van der Waals surface area contributed by atoms with Gasteiger partial charge in [-0.15, -0.1) is 0 Å². The van der Waals surface area contributed by atoms with Crippen LogP contribution in [0.15, 0.2) is 0 Å². The number of nitrogens with zero attached hydrogens (tertiary/aromatic N) is 1. The number of nitrogens with one attached hydrogen (secondary N) is 1. The van der Waals surface area contributed by atoms with E-state index in [2.05, 4.69) is 32.6 Å². The lowest BCUT2D eigenvalue weighted by Gasteiger charge is -2.30. The Balaban J connectivity index is 2.73. The molecule has 14 heavy (non-hydrogen) atoms. The van der Waals surface area contributed by atoms with Crippen molar-refractivity contribution in [3.63, 3.8) is 0 Å². The van der Waals surface area contributed by atoms with Gasteiger partial charge in [-0.05, 0) is 25.2 Å². The minimum absolute atomic E-state index is 0.150. The molecule has 0 spiro atoms. The van der Waals surface area contributed by atoms with Crippen molar-refractivity contribution in [3.8, 4) is 0 Å². The van der Waals surface area contributed by atoms with Crippen LogP contribution >= 0.6 is 0 Å². The molecule has 4 atom stereocenters. The van der Waals surface area contributed by atoms with E-state index in [1.165, 1.54) is 0 Å². The van der Waals surface area contributed by atoms with Crippen molar-refractivity contribution in [2.45, 2.75) is 46.2 Å². The Morgan fingerprint density at radius 2 is 2.07 bits per heavy atom. The molecule has 1 heterocycles. The van der Waals surface area contributed by atoms with Crippen molar-refractivity contribution in [1.29, 1.82) is 5.41 Å². The maximum absolute atomic E-state index is 7.57. The van der Waals surface area contributed by atoms with E-state index in [0.29, 0.717) is 17.8 Å². The first-order valence-corrected chi connectivity index (χ1v) is 5.58. The maximum atomic E-state index is 7.57. The summed E-state index contributed by atoms with van der Waals surface area (Å²) in [6.45, 7) is 10.0. The van der Waals surface area contributed by atoms with E-state index in [1.54, 1.807) is 0 Å². The zero-order valence-electron chi connectivity index (χ0n) is 9.75. The highest BCUT2D eigenvalue weighted by atomic mass is 15.2. The van der Waals surface area contributed by atoms with Gasteiger partial charge in [0, 0.05) is 12.6 Å². The molecule has 3 N–H and O–H groups in total. The van der Waals surface area contributed by atoms with Crippen LogP contribution < -0.4 is 5.73 Å². The molecule has 1 saturated heterocycles. The fourth-order valence-corrected chi connectivity index (χ4v) is 2.49. The molecule has 0 saturated carbocycles. The number of likely N-dealkylation sites (tertiary alicyclic amines) is 1. The summed E-state index contributed by atoms with van der Waals surface area (Å²) >= 11 is 0. The average molecular weight is 197 g/mol. The molecule has 0 aromatic rings. The molecule has 1 aliphatic rings. The smallest absolute Gasteiger partial charge is 0.108 e. The largest absolute Gasteiger partial charge is 0.386 e. The van der Waals surface area contributed by atoms with Gasteiger partial charge in [0.15, 0.2) is 0 Å². The van der Waals surface area contributed by atoms with Crippen molar-refractivity contribution in [1.82, 2.24) is 4.90 Å². The van der Waals surface area contributed by atoms with Crippen LogP contribution in [0.25, 0.3) is 0 Å². The Labute approximate surface area is 87.2 Å². The summed E-state index contributed by atoms with van der Waals surface area (Å²) in [5.74, 6) is 1.75. The molecule has 0 aliphatic carbocycles. The van der Waals surface area contributed by atoms with Crippen molar-refractivity contribution in [2.75, 3.05) is 6.54 Å². The maximum Gasteiger partial charge on any atom is 0.108 e. The first kappa shape index (κ1) is 11.5. The third-order valence-electron chi connectivity index (χ3n) is 3.83. The van der Waals surface area contributed by atoms with E-state index in [-0.39, 0.29) is 6.04 Å². The molecule has 3 nitrogen and oxygen atoms in total. The highest BCUT2D eigenvalue weighted by Crippen LogP contribution is 2.31. The van der Waals surface area contributed by atoms with Gasteiger partial charge in [-0.25, -0.2) is 0 Å². The molecule has 0 radical (unpaired) electrons. The zero-order valence-corrected chi connectivity index (χ0v) is 9.75. The Morgan fingerprint density at radius 1 is 1.50 bits per heavy atom. The van der Waals surface area contributed by atoms with Crippen LogP contribution in [-0.2, 0) is 0 Å². The Bertz CT molecular complexity index is 215. The van der Waals surface area contributed by atoms with Crippen LogP contribution in [0.4, 0.5) is 0 Å². The molecule has 82 valence electrons. The highest BCUT2D eigenvalue weighted by Gasteiger charge is 2.37. The van der Waals surface area contributed by atoms with Crippen molar-refractivity contribution in [3.05, 3.63) is 0 Å². The number of rotatable bonds is 3. The summed E-state index contributed by atoms with van der Waals surface area (Å²) in [7, 11) is 0. The molecular formula is C11H23N3. The molecular weight excluding hydrogens is 174 g/mol. The molecule has 1 rings (SSSR count). The summed E-state index contributed by atoms with van der Waals surface area (Å²) in [6.07, 6.45) is 0.944. The zero-order chi connectivity index (χ0) is 10.9. The van der Waals surface area contributed by atoms with Crippen molar-refractivity contribution in [2.24, 2.45) is 17.6 Å². The third kappa shape index (κ3) is 1.92. The second-order valence-electron chi connectivity index (χ2n) is 4.65. The van der Waals surface area contributed by atoms with Crippen molar-refractivity contribution >= 4 is 5.84 Å². The molecule has 0 amide bonds. The van der Waals surface area contributed by atoms with Crippen LogP contribution in [0.1, 0.15) is 34.1 Å². The van der Waals surface area contributed by atoms with Gasteiger partial charge >= 0.3 is 0 Å². The van der Waals surface area contributed by atoms with Gasteiger partial charge < -0.3 is 5.73 Å². The van der Waals surface area contributed by atoms with Gasteiger partial charge in [0.05, 0.1) is 6.04 Å². The Kier molecular flexibility index (Phi) is 3.53. The topological polar surface area (TPSA) is 53.1 Å². The predicted octanol–water partition coefficient (Wildman–Crippen LogP) is 1.68. The molecule has 3 heteroatoms.